The lowest BCUT2D eigenvalue weighted by molar-refractivity contribution is -0.113. The van der Waals surface area contributed by atoms with E-state index in [0.29, 0.717) is 11.3 Å². The zero-order valence-corrected chi connectivity index (χ0v) is 17.7. The Bertz CT molecular complexity index is 1080. The van der Waals surface area contributed by atoms with Crippen molar-refractivity contribution in [2.75, 3.05) is 18.1 Å². The molecule has 1 amide bonds. The van der Waals surface area contributed by atoms with Gasteiger partial charge in [-0.05, 0) is 31.7 Å². The van der Waals surface area contributed by atoms with Crippen molar-refractivity contribution < 1.29 is 13.2 Å². The molecule has 3 rings (SSSR count). The fourth-order valence-electron chi connectivity index (χ4n) is 2.47. The van der Waals surface area contributed by atoms with E-state index in [0.717, 1.165) is 15.6 Å². The number of benzene rings is 2. The van der Waals surface area contributed by atoms with Crippen molar-refractivity contribution in [2.45, 2.75) is 16.2 Å². The van der Waals surface area contributed by atoms with Crippen LogP contribution in [0.2, 0.25) is 0 Å². The third-order valence-electron chi connectivity index (χ3n) is 3.91. The molecule has 3 aromatic rings. The number of nitrogens with one attached hydrogen (secondary N) is 2. The number of nitrogens with zero attached hydrogens (tertiary/aromatic N) is 1. The van der Waals surface area contributed by atoms with E-state index in [4.69, 9.17) is 0 Å². The Morgan fingerprint density at radius 2 is 1.93 bits per heavy atom. The van der Waals surface area contributed by atoms with E-state index in [-0.39, 0.29) is 16.6 Å². The number of carbonyl (C=O) groups excluding carboxylic acids is 1. The molecule has 0 aliphatic heterocycles. The largest absolute Gasteiger partial charge is 0.325 e. The number of anilines is 1. The molecule has 0 saturated heterocycles. The van der Waals surface area contributed by atoms with E-state index < -0.39 is 10.0 Å². The first-order chi connectivity index (χ1) is 13.4. The van der Waals surface area contributed by atoms with E-state index >= 15 is 0 Å². The maximum atomic E-state index is 12.3. The molecule has 28 heavy (non-hydrogen) atoms. The van der Waals surface area contributed by atoms with Crippen molar-refractivity contribution in [3.63, 3.8) is 0 Å². The molecule has 2 N–H and O–H groups in total. The minimum Gasteiger partial charge on any atom is -0.325 e. The minimum atomic E-state index is -3.58. The first-order valence-electron chi connectivity index (χ1n) is 8.37. The highest BCUT2D eigenvalue weighted by molar-refractivity contribution is 8.01. The topological polar surface area (TPSA) is 88.2 Å². The Balaban J connectivity index is 1.62. The second-order valence-corrected chi connectivity index (χ2v) is 9.82. The number of sulfonamides is 1. The van der Waals surface area contributed by atoms with Gasteiger partial charge in [-0.2, -0.15) is 0 Å². The van der Waals surface area contributed by atoms with Crippen LogP contribution in [0.4, 0.5) is 5.69 Å². The molecule has 0 unspecified atom stereocenters. The molecule has 0 atom stereocenters. The van der Waals surface area contributed by atoms with E-state index in [1.807, 2.05) is 35.7 Å². The maximum absolute atomic E-state index is 12.3. The zero-order chi connectivity index (χ0) is 20.1. The number of carbonyl (C=O) groups is 1. The van der Waals surface area contributed by atoms with Crippen LogP contribution in [0.15, 0.2) is 63.1 Å². The number of aromatic nitrogens is 1. The number of aryl methyl sites for hydroxylation is 1. The number of rotatable bonds is 7. The van der Waals surface area contributed by atoms with Crippen molar-refractivity contribution in [3.8, 4) is 11.3 Å². The number of amides is 1. The van der Waals surface area contributed by atoms with Gasteiger partial charge < -0.3 is 5.32 Å². The molecule has 0 bridgehead atoms. The Labute approximate surface area is 172 Å². The number of thioether (sulfide) groups is 1. The summed E-state index contributed by atoms with van der Waals surface area (Å²) in [5.74, 6) is -0.0397. The highest BCUT2D eigenvalue weighted by Gasteiger charge is 2.16. The molecular weight excluding hydrogens is 414 g/mol. The van der Waals surface area contributed by atoms with Crippen LogP contribution in [0.5, 0.6) is 0 Å². The molecule has 1 aromatic heterocycles. The van der Waals surface area contributed by atoms with Crippen molar-refractivity contribution in [1.82, 2.24) is 9.71 Å². The van der Waals surface area contributed by atoms with Crippen molar-refractivity contribution in [1.29, 1.82) is 0 Å². The van der Waals surface area contributed by atoms with E-state index in [2.05, 4.69) is 15.0 Å². The molecule has 1 heterocycles. The molecule has 6 nitrogen and oxygen atoms in total. The molecule has 0 aliphatic rings. The molecule has 0 spiro atoms. The van der Waals surface area contributed by atoms with Crippen LogP contribution in [-0.2, 0) is 14.8 Å². The lowest BCUT2D eigenvalue weighted by Gasteiger charge is -2.10. The van der Waals surface area contributed by atoms with Gasteiger partial charge in [-0.15, -0.1) is 11.3 Å². The summed E-state index contributed by atoms with van der Waals surface area (Å²) in [6, 6.07) is 14.7. The summed E-state index contributed by atoms with van der Waals surface area (Å²) in [7, 11) is -2.23. The Kier molecular flexibility index (Phi) is 6.50. The van der Waals surface area contributed by atoms with Crippen LogP contribution >= 0.6 is 23.1 Å². The first-order valence-corrected chi connectivity index (χ1v) is 11.7. The second kappa shape index (κ2) is 8.87. The summed E-state index contributed by atoms with van der Waals surface area (Å²) in [6.07, 6.45) is 0. The van der Waals surface area contributed by atoms with E-state index in [9.17, 15) is 13.2 Å². The van der Waals surface area contributed by atoms with Crippen molar-refractivity contribution >= 4 is 44.7 Å². The molecule has 146 valence electrons. The second-order valence-electron chi connectivity index (χ2n) is 5.89. The fraction of sp³-hybridized carbons (Fsp3) is 0.158. The average Bonchev–Trinajstić information content (AvgIpc) is 3.17. The van der Waals surface area contributed by atoms with Crippen molar-refractivity contribution in [2.24, 2.45) is 0 Å². The van der Waals surface area contributed by atoms with E-state index in [1.165, 1.54) is 36.2 Å². The van der Waals surface area contributed by atoms with Crippen LogP contribution in [0.1, 0.15) is 5.56 Å². The van der Waals surface area contributed by atoms with Crippen LogP contribution in [0.3, 0.4) is 0 Å². The molecule has 2 aromatic carbocycles. The van der Waals surface area contributed by atoms with Crippen LogP contribution in [0.25, 0.3) is 11.3 Å². The van der Waals surface area contributed by atoms with E-state index in [1.54, 1.807) is 19.1 Å². The van der Waals surface area contributed by atoms with Gasteiger partial charge in [0.15, 0.2) is 4.34 Å². The number of hydrogen-bond donors (Lipinski definition) is 2. The average molecular weight is 434 g/mol. The summed E-state index contributed by atoms with van der Waals surface area (Å²) in [5.41, 5.74) is 2.97. The van der Waals surface area contributed by atoms with Crippen LogP contribution < -0.4 is 10.0 Å². The van der Waals surface area contributed by atoms with Gasteiger partial charge in [0.25, 0.3) is 0 Å². The van der Waals surface area contributed by atoms with Crippen LogP contribution in [0, 0.1) is 6.92 Å². The lowest BCUT2D eigenvalue weighted by atomic mass is 10.2. The highest BCUT2D eigenvalue weighted by Crippen LogP contribution is 2.28. The monoisotopic (exact) mass is 433 g/mol. The molecule has 0 aliphatic carbocycles. The predicted molar refractivity (Wildman–Crippen MR) is 114 cm³/mol. The number of thiazole rings is 1. The number of hydrogen-bond acceptors (Lipinski definition) is 6. The van der Waals surface area contributed by atoms with Crippen LogP contribution in [-0.4, -0.2) is 32.1 Å². The van der Waals surface area contributed by atoms with Gasteiger partial charge in [-0.3, -0.25) is 4.79 Å². The Morgan fingerprint density at radius 3 is 2.64 bits per heavy atom. The molecular formula is C19H19N3O3S3. The molecule has 0 saturated carbocycles. The Hall–Kier alpha value is -2.20. The smallest absolute Gasteiger partial charge is 0.240 e. The normalized spacial score (nSPS) is 11.4. The molecule has 0 fully saturated rings. The van der Waals surface area contributed by atoms with Gasteiger partial charge in [-0.1, -0.05) is 48.2 Å². The summed E-state index contributed by atoms with van der Waals surface area (Å²) in [6.45, 7) is 1.71. The van der Waals surface area contributed by atoms with Crippen molar-refractivity contribution in [3.05, 3.63) is 59.5 Å². The summed E-state index contributed by atoms with van der Waals surface area (Å²) in [5, 5.41) is 4.70. The fourth-order valence-corrected chi connectivity index (χ4v) is 5.10. The summed E-state index contributed by atoms with van der Waals surface area (Å²) in [4.78, 5) is 16.9. The standard InChI is InChI=1S/C19H19N3O3S3/c1-13-8-9-15(10-17(13)28(24,25)20-2)21-18(23)12-27-19-22-16(11-26-19)14-6-4-3-5-7-14/h3-11,20H,12H2,1-2H3,(H,21,23). The summed E-state index contributed by atoms with van der Waals surface area (Å²) < 4.78 is 27.2. The Morgan fingerprint density at radius 1 is 1.18 bits per heavy atom. The third kappa shape index (κ3) is 4.99. The van der Waals surface area contributed by atoms with Gasteiger partial charge in [-0.25, -0.2) is 18.1 Å². The molecule has 0 radical (unpaired) electrons. The van der Waals surface area contributed by atoms with Gasteiger partial charge in [0.2, 0.25) is 15.9 Å². The van der Waals surface area contributed by atoms with Gasteiger partial charge in [0.1, 0.15) is 0 Å². The highest BCUT2D eigenvalue weighted by atomic mass is 32.2. The molecule has 9 heteroatoms. The summed E-state index contributed by atoms with van der Waals surface area (Å²) >= 11 is 2.83. The zero-order valence-electron chi connectivity index (χ0n) is 15.3. The quantitative estimate of drug-likeness (QED) is 0.554. The van der Waals surface area contributed by atoms with Gasteiger partial charge in [0.05, 0.1) is 16.3 Å². The lowest BCUT2D eigenvalue weighted by Crippen LogP contribution is -2.20. The SMILES string of the molecule is CNS(=O)(=O)c1cc(NC(=O)CSc2nc(-c3ccccc3)cs2)ccc1C. The first kappa shape index (κ1) is 20.5. The maximum Gasteiger partial charge on any atom is 0.240 e. The minimum absolute atomic E-state index is 0.146. The van der Waals surface area contributed by atoms with Gasteiger partial charge >= 0.3 is 0 Å². The van der Waals surface area contributed by atoms with Gasteiger partial charge in [0, 0.05) is 16.6 Å². The third-order valence-corrected chi connectivity index (χ3v) is 7.49. The predicted octanol–water partition coefficient (Wildman–Crippen LogP) is 3.76.